The maximum absolute atomic E-state index is 11.8. The second kappa shape index (κ2) is 4.63. The molecule has 1 fully saturated rings. The Labute approximate surface area is 80.0 Å². The Morgan fingerprint density at radius 3 is 2.71 bits per heavy atom. The van der Waals surface area contributed by atoms with Gasteiger partial charge in [0.25, 0.3) is 0 Å². The molecule has 0 unspecified atom stereocenters. The summed E-state index contributed by atoms with van der Waals surface area (Å²) < 4.78 is 35.3. The number of rotatable bonds is 2. The van der Waals surface area contributed by atoms with Gasteiger partial charge in [0.2, 0.25) is 0 Å². The molecule has 0 saturated carbocycles. The quantitative estimate of drug-likeness (QED) is 0.703. The van der Waals surface area contributed by atoms with Crippen molar-refractivity contribution in [2.24, 2.45) is 5.92 Å². The van der Waals surface area contributed by atoms with Gasteiger partial charge in [0.05, 0.1) is 0 Å². The van der Waals surface area contributed by atoms with Crippen LogP contribution in [0.5, 0.6) is 0 Å². The monoisotopic (exact) mass is 210 g/mol. The highest BCUT2D eigenvalue weighted by Crippen LogP contribution is 2.15. The third-order valence-electron chi connectivity index (χ3n) is 2.21. The SMILES string of the molecule is O=C(NC[C@@H]1CCCNC1)C(F)(F)F. The van der Waals surface area contributed by atoms with Crippen LogP contribution in [-0.4, -0.2) is 31.7 Å². The summed E-state index contributed by atoms with van der Waals surface area (Å²) in [5, 5.41) is 4.95. The molecule has 0 aromatic carbocycles. The molecule has 1 heterocycles. The van der Waals surface area contributed by atoms with Crippen LogP contribution in [0.4, 0.5) is 13.2 Å². The van der Waals surface area contributed by atoms with Crippen molar-refractivity contribution >= 4 is 5.91 Å². The molecule has 0 aromatic heterocycles. The summed E-state index contributed by atoms with van der Waals surface area (Å²) in [5.74, 6) is -1.72. The maximum atomic E-state index is 11.8. The van der Waals surface area contributed by atoms with Gasteiger partial charge in [-0.25, -0.2) is 0 Å². The summed E-state index contributed by atoms with van der Waals surface area (Å²) in [4.78, 5) is 10.5. The number of amides is 1. The zero-order chi connectivity index (χ0) is 10.6. The second-order valence-electron chi connectivity index (χ2n) is 3.42. The topological polar surface area (TPSA) is 41.1 Å². The number of carbonyl (C=O) groups excluding carboxylic acids is 1. The smallest absolute Gasteiger partial charge is 0.348 e. The van der Waals surface area contributed by atoms with Crippen molar-refractivity contribution in [2.45, 2.75) is 19.0 Å². The lowest BCUT2D eigenvalue weighted by atomic mass is 10.00. The third kappa shape index (κ3) is 3.53. The van der Waals surface area contributed by atoms with Crippen molar-refractivity contribution in [1.82, 2.24) is 10.6 Å². The van der Waals surface area contributed by atoms with E-state index in [2.05, 4.69) is 5.32 Å². The van der Waals surface area contributed by atoms with Gasteiger partial charge < -0.3 is 10.6 Å². The van der Waals surface area contributed by atoms with Gasteiger partial charge in [-0.15, -0.1) is 0 Å². The van der Waals surface area contributed by atoms with Gasteiger partial charge in [0.1, 0.15) is 0 Å². The Bertz CT molecular complexity index is 199. The van der Waals surface area contributed by atoms with Gasteiger partial charge in [-0.2, -0.15) is 13.2 Å². The Hall–Kier alpha value is -0.780. The Morgan fingerprint density at radius 2 is 2.21 bits per heavy atom. The molecule has 0 aromatic rings. The summed E-state index contributed by atoms with van der Waals surface area (Å²) in [6.45, 7) is 1.69. The molecule has 82 valence electrons. The molecule has 1 rings (SSSR count). The Kier molecular flexibility index (Phi) is 3.74. The maximum Gasteiger partial charge on any atom is 0.471 e. The molecule has 1 atom stereocenters. The van der Waals surface area contributed by atoms with E-state index in [1.54, 1.807) is 0 Å². The number of hydrogen-bond donors (Lipinski definition) is 2. The first-order valence-electron chi connectivity index (χ1n) is 4.56. The third-order valence-corrected chi connectivity index (χ3v) is 2.21. The van der Waals surface area contributed by atoms with Crippen molar-refractivity contribution < 1.29 is 18.0 Å². The van der Waals surface area contributed by atoms with Crippen molar-refractivity contribution in [1.29, 1.82) is 0 Å². The highest BCUT2D eigenvalue weighted by molar-refractivity contribution is 5.81. The molecule has 0 spiro atoms. The number of hydrogen-bond acceptors (Lipinski definition) is 2. The number of piperidine rings is 1. The molecular weight excluding hydrogens is 197 g/mol. The predicted octanol–water partition coefficient (Wildman–Crippen LogP) is 0.664. The first-order valence-corrected chi connectivity index (χ1v) is 4.56. The average Bonchev–Trinajstić information content (AvgIpc) is 2.14. The van der Waals surface area contributed by atoms with Gasteiger partial charge in [0, 0.05) is 6.54 Å². The fourth-order valence-electron chi connectivity index (χ4n) is 1.44. The van der Waals surface area contributed by atoms with E-state index in [4.69, 9.17) is 0 Å². The molecule has 1 aliphatic heterocycles. The lowest BCUT2D eigenvalue weighted by molar-refractivity contribution is -0.173. The van der Waals surface area contributed by atoms with Crippen LogP contribution in [0, 0.1) is 5.92 Å². The molecular formula is C8H13F3N2O. The van der Waals surface area contributed by atoms with E-state index in [-0.39, 0.29) is 12.5 Å². The lowest BCUT2D eigenvalue weighted by Gasteiger charge is -2.23. The first-order chi connectivity index (χ1) is 6.50. The van der Waals surface area contributed by atoms with Gasteiger partial charge in [0.15, 0.2) is 0 Å². The van der Waals surface area contributed by atoms with E-state index in [9.17, 15) is 18.0 Å². The van der Waals surface area contributed by atoms with Crippen molar-refractivity contribution in [3.05, 3.63) is 0 Å². The standard InChI is InChI=1S/C8H13F3N2O/c9-8(10,11)7(14)13-5-6-2-1-3-12-4-6/h6,12H,1-5H2,(H,13,14)/t6-/m1/s1. The molecule has 3 nitrogen and oxygen atoms in total. The molecule has 1 saturated heterocycles. The van der Waals surface area contributed by atoms with Crippen LogP contribution in [0.2, 0.25) is 0 Å². The summed E-state index contributed by atoms with van der Waals surface area (Å²) in [6, 6.07) is 0. The largest absolute Gasteiger partial charge is 0.471 e. The van der Waals surface area contributed by atoms with E-state index in [0.29, 0.717) is 6.54 Å². The Balaban J connectivity index is 2.22. The van der Waals surface area contributed by atoms with Crippen molar-refractivity contribution in [3.8, 4) is 0 Å². The minimum Gasteiger partial charge on any atom is -0.348 e. The number of carbonyl (C=O) groups is 1. The van der Waals surface area contributed by atoms with Crippen LogP contribution in [0.25, 0.3) is 0 Å². The van der Waals surface area contributed by atoms with Gasteiger partial charge in [-0.1, -0.05) is 0 Å². The minimum absolute atomic E-state index is 0.103. The first kappa shape index (κ1) is 11.3. The number of nitrogens with one attached hydrogen (secondary N) is 2. The molecule has 0 bridgehead atoms. The van der Waals surface area contributed by atoms with Gasteiger partial charge in [-0.3, -0.25) is 4.79 Å². The zero-order valence-corrected chi connectivity index (χ0v) is 7.66. The number of alkyl halides is 3. The molecule has 0 aliphatic carbocycles. The van der Waals surface area contributed by atoms with Gasteiger partial charge in [-0.05, 0) is 31.8 Å². The zero-order valence-electron chi connectivity index (χ0n) is 7.66. The summed E-state index contributed by atoms with van der Waals surface area (Å²) >= 11 is 0. The molecule has 1 aliphatic rings. The number of halogens is 3. The highest BCUT2D eigenvalue weighted by Gasteiger charge is 2.38. The summed E-state index contributed by atoms with van der Waals surface area (Å²) in [5.41, 5.74) is 0. The van der Waals surface area contributed by atoms with E-state index >= 15 is 0 Å². The van der Waals surface area contributed by atoms with Crippen molar-refractivity contribution in [3.63, 3.8) is 0 Å². The molecule has 2 N–H and O–H groups in total. The van der Waals surface area contributed by atoms with E-state index in [0.717, 1.165) is 19.4 Å². The van der Waals surface area contributed by atoms with Crippen LogP contribution < -0.4 is 10.6 Å². The minimum atomic E-state index is -4.76. The van der Waals surface area contributed by atoms with E-state index < -0.39 is 12.1 Å². The molecule has 1 amide bonds. The summed E-state index contributed by atoms with van der Waals surface area (Å²) in [6.07, 6.45) is -2.94. The van der Waals surface area contributed by atoms with Crippen molar-refractivity contribution in [2.75, 3.05) is 19.6 Å². The van der Waals surface area contributed by atoms with Crippen LogP contribution in [0.15, 0.2) is 0 Å². The molecule has 6 heteroatoms. The molecule has 14 heavy (non-hydrogen) atoms. The molecule has 0 radical (unpaired) electrons. The van der Waals surface area contributed by atoms with Crippen LogP contribution >= 0.6 is 0 Å². The van der Waals surface area contributed by atoms with Crippen LogP contribution in [-0.2, 0) is 4.79 Å². The normalized spacial score (nSPS) is 23.2. The van der Waals surface area contributed by atoms with Gasteiger partial charge >= 0.3 is 12.1 Å². The average molecular weight is 210 g/mol. The van der Waals surface area contributed by atoms with E-state index in [1.165, 1.54) is 0 Å². The van der Waals surface area contributed by atoms with Crippen LogP contribution in [0.3, 0.4) is 0 Å². The lowest BCUT2D eigenvalue weighted by Crippen LogP contribution is -2.42. The second-order valence-corrected chi connectivity index (χ2v) is 3.42. The van der Waals surface area contributed by atoms with E-state index in [1.807, 2.05) is 5.32 Å². The Morgan fingerprint density at radius 1 is 1.50 bits per heavy atom. The summed E-state index contributed by atoms with van der Waals surface area (Å²) in [7, 11) is 0. The fourth-order valence-corrected chi connectivity index (χ4v) is 1.44. The van der Waals surface area contributed by atoms with Crippen LogP contribution in [0.1, 0.15) is 12.8 Å². The predicted molar refractivity (Wildman–Crippen MR) is 44.7 cm³/mol. The highest BCUT2D eigenvalue weighted by atomic mass is 19.4. The fraction of sp³-hybridized carbons (Fsp3) is 0.875.